The van der Waals surface area contributed by atoms with Crippen molar-refractivity contribution < 1.29 is 0 Å². The molecule has 0 atom stereocenters. The van der Waals surface area contributed by atoms with Crippen LogP contribution in [0.3, 0.4) is 0 Å². The summed E-state index contributed by atoms with van der Waals surface area (Å²) in [5.41, 5.74) is 0. The van der Waals surface area contributed by atoms with E-state index >= 15 is 0 Å². The van der Waals surface area contributed by atoms with Gasteiger partial charge in [-0.2, -0.15) is 0 Å². The van der Waals surface area contributed by atoms with Crippen LogP contribution in [0.15, 0.2) is 0 Å². The van der Waals surface area contributed by atoms with Gasteiger partial charge >= 0.3 is 79.9 Å². The molecule has 0 spiro atoms. The van der Waals surface area contributed by atoms with Gasteiger partial charge in [-0.25, -0.2) is 0 Å². The zero-order valence-electron chi connectivity index (χ0n) is 8.65. The van der Waals surface area contributed by atoms with Crippen molar-refractivity contribution in [2.75, 3.05) is 0 Å². The third-order valence-electron chi connectivity index (χ3n) is 2.83. The third-order valence-corrected chi connectivity index (χ3v) is 4.45. The molecule has 0 N–H and O–H groups in total. The summed E-state index contributed by atoms with van der Waals surface area (Å²) in [4.78, 5) is 0. The maximum absolute atomic E-state index is 3.07. The zero-order chi connectivity index (χ0) is 9.07. The Morgan fingerprint density at radius 2 is 1.45 bits per heavy atom. The SMILES string of the molecule is CCC[C]([Al+2])(C(C)C)C(C)C. The molecule has 0 radical (unpaired) electrons. The monoisotopic (exact) mass is 168 g/mol. The summed E-state index contributed by atoms with van der Waals surface area (Å²) >= 11 is 3.07. The van der Waals surface area contributed by atoms with Crippen LogP contribution in [-0.2, 0) is 0 Å². The fraction of sp³-hybridized carbons (Fsp3) is 1.00. The predicted octanol–water partition coefficient (Wildman–Crippen LogP) is 3.43. The second kappa shape index (κ2) is 4.53. The molecule has 0 aliphatic carbocycles. The molecule has 0 amide bonds. The molecule has 62 valence electrons. The normalized spacial score (nSPS) is 13.2. The average molecular weight is 168 g/mol. The summed E-state index contributed by atoms with van der Waals surface area (Å²) in [6.07, 6.45) is 2.62. The molecule has 0 aromatic rings. The molecule has 0 heterocycles. The van der Waals surface area contributed by atoms with Crippen molar-refractivity contribution >= 4 is 16.3 Å². The van der Waals surface area contributed by atoms with Crippen molar-refractivity contribution in [3.8, 4) is 0 Å². The van der Waals surface area contributed by atoms with E-state index in [2.05, 4.69) is 50.9 Å². The van der Waals surface area contributed by atoms with Crippen LogP contribution in [-0.4, -0.2) is 16.3 Å². The molecule has 0 aliphatic heterocycles. The maximum atomic E-state index is 3.07. The van der Waals surface area contributed by atoms with E-state index in [1.54, 1.807) is 0 Å². The minimum atomic E-state index is 0.467. The van der Waals surface area contributed by atoms with E-state index in [0.29, 0.717) is 4.28 Å². The molecule has 0 fully saturated rings. The first-order chi connectivity index (χ1) is 4.95. The van der Waals surface area contributed by atoms with E-state index < -0.39 is 0 Å². The van der Waals surface area contributed by atoms with Gasteiger partial charge in [-0.1, -0.05) is 0 Å². The Labute approximate surface area is 80.2 Å². The molecular weight excluding hydrogens is 147 g/mol. The fourth-order valence-corrected chi connectivity index (χ4v) is 1.97. The molecule has 0 unspecified atom stereocenters. The predicted molar refractivity (Wildman–Crippen MR) is 53.0 cm³/mol. The van der Waals surface area contributed by atoms with Crippen molar-refractivity contribution in [2.24, 2.45) is 11.8 Å². The molecule has 0 aromatic heterocycles. The molecule has 0 rings (SSSR count). The van der Waals surface area contributed by atoms with Crippen LogP contribution in [0, 0.1) is 11.8 Å². The molecule has 0 nitrogen and oxygen atoms in total. The fourth-order valence-electron chi connectivity index (χ4n) is 1.68. The summed E-state index contributed by atoms with van der Waals surface area (Å²) in [7, 11) is 0. The second-order valence-electron chi connectivity index (χ2n) is 4.17. The van der Waals surface area contributed by atoms with Gasteiger partial charge in [0.05, 0.1) is 0 Å². The molecule has 0 aromatic carbocycles. The Morgan fingerprint density at radius 3 is 1.55 bits per heavy atom. The standard InChI is InChI=1S/C10H21.Al/c1-6-7-10(8(2)3)9(4)5;/h8-9H,6-7H2,1-5H3;/q;+2. The van der Waals surface area contributed by atoms with E-state index in [1.165, 1.54) is 12.8 Å². The molecular formula is C10H21Al+2. The molecule has 11 heavy (non-hydrogen) atoms. The second-order valence-corrected chi connectivity index (χ2v) is 5.25. The third kappa shape index (κ3) is 2.81. The molecule has 0 saturated carbocycles. The van der Waals surface area contributed by atoms with E-state index in [1.807, 2.05) is 0 Å². The van der Waals surface area contributed by atoms with Gasteiger partial charge in [0.25, 0.3) is 0 Å². The summed E-state index contributed by atoms with van der Waals surface area (Å²) in [5.74, 6) is 1.54. The first kappa shape index (κ1) is 11.5. The van der Waals surface area contributed by atoms with Crippen molar-refractivity contribution in [3.63, 3.8) is 0 Å². The zero-order valence-corrected chi connectivity index (χ0v) is 9.80. The summed E-state index contributed by atoms with van der Waals surface area (Å²) in [6.45, 7) is 11.6. The van der Waals surface area contributed by atoms with Gasteiger partial charge in [0.1, 0.15) is 0 Å². The molecule has 1 heteroatoms. The van der Waals surface area contributed by atoms with Gasteiger partial charge in [0.15, 0.2) is 0 Å². The summed E-state index contributed by atoms with van der Waals surface area (Å²) in [6, 6.07) is 0. The van der Waals surface area contributed by atoms with Gasteiger partial charge < -0.3 is 0 Å². The van der Waals surface area contributed by atoms with Crippen LogP contribution in [0.1, 0.15) is 47.5 Å². The van der Waals surface area contributed by atoms with Gasteiger partial charge in [0, 0.05) is 0 Å². The first-order valence-electron chi connectivity index (χ1n) is 4.74. The Morgan fingerprint density at radius 1 is 1.09 bits per heavy atom. The van der Waals surface area contributed by atoms with Gasteiger partial charge in [-0.05, 0) is 0 Å². The number of hydrogen-bond acceptors (Lipinski definition) is 0. The van der Waals surface area contributed by atoms with Gasteiger partial charge in [-0.15, -0.1) is 0 Å². The van der Waals surface area contributed by atoms with Crippen LogP contribution in [0.5, 0.6) is 0 Å². The quantitative estimate of drug-likeness (QED) is 0.564. The molecule has 0 saturated heterocycles. The first-order valence-corrected chi connectivity index (χ1v) is 5.31. The van der Waals surface area contributed by atoms with Crippen LogP contribution in [0.2, 0.25) is 4.28 Å². The van der Waals surface area contributed by atoms with Crippen LogP contribution < -0.4 is 0 Å². The van der Waals surface area contributed by atoms with Gasteiger partial charge in [-0.3, -0.25) is 0 Å². The Hall–Kier alpha value is 0.532. The average Bonchev–Trinajstić information content (AvgIpc) is 1.87. The van der Waals surface area contributed by atoms with E-state index in [4.69, 9.17) is 0 Å². The number of rotatable bonds is 4. The Balaban J connectivity index is 4.26. The molecule has 0 aliphatic rings. The van der Waals surface area contributed by atoms with Crippen LogP contribution >= 0.6 is 0 Å². The van der Waals surface area contributed by atoms with Crippen LogP contribution in [0.4, 0.5) is 0 Å². The summed E-state index contributed by atoms with van der Waals surface area (Å²) in [5, 5.41) is 0. The number of hydrogen-bond donors (Lipinski definition) is 0. The van der Waals surface area contributed by atoms with E-state index in [0.717, 1.165) is 11.8 Å². The van der Waals surface area contributed by atoms with E-state index in [-0.39, 0.29) is 0 Å². The molecule has 0 bridgehead atoms. The Bertz CT molecular complexity index is 97.4. The Kier molecular flexibility index (Phi) is 4.75. The van der Waals surface area contributed by atoms with E-state index in [9.17, 15) is 0 Å². The minimum absolute atomic E-state index is 0.467. The van der Waals surface area contributed by atoms with Crippen molar-refractivity contribution in [1.82, 2.24) is 0 Å². The van der Waals surface area contributed by atoms with Gasteiger partial charge in [0.2, 0.25) is 0 Å². The topological polar surface area (TPSA) is 0 Å². The van der Waals surface area contributed by atoms with Crippen molar-refractivity contribution in [2.45, 2.75) is 51.7 Å². The van der Waals surface area contributed by atoms with Crippen molar-refractivity contribution in [3.05, 3.63) is 0 Å². The summed E-state index contributed by atoms with van der Waals surface area (Å²) < 4.78 is 0.467. The van der Waals surface area contributed by atoms with Crippen molar-refractivity contribution in [1.29, 1.82) is 0 Å². The van der Waals surface area contributed by atoms with Crippen LogP contribution in [0.25, 0.3) is 0 Å².